The van der Waals surface area contributed by atoms with Crippen molar-refractivity contribution in [2.24, 2.45) is 0 Å². The minimum Gasteiger partial charge on any atom is -0.340 e. The standard InChI is InChI=1S/C18H20N2/c1-19-13-11-18(15-7-3-2-4-8-15)20-14-12-16-9-5-6-10-17(16)20/h2-10,12,14,18-19H,11,13H2,1H3/t18-/m1/s1. The van der Waals surface area contributed by atoms with E-state index in [-0.39, 0.29) is 0 Å². The van der Waals surface area contributed by atoms with Gasteiger partial charge in [-0.3, -0.25) is 0 Å². The van der Waals surface area contributed by atoms with Gasteiger partial charge in [-0.05, 0) is 43.1 Å². The van der Waals surface area contributed by atoms with Gasteiger partial charge in [-0.1, -0.05) is 48.5 Å². The summed E-state index contributed by atoms with van der Waals surface area (Å²) in [4.78, 5) is 0. The van der Waals surface area contributed by atoms with Crippen molar-refractivity contribution in [3.05, 3.63) is 72.4 Å². The maximum Gasteiger partial charge on any atom is 0.0598 e. The van der Waals surface area contributed by atoms with Gasteiger partial charge < -0.3 is 9.88 Å². The van der Waals surface area contributed by atoms with Gasteiger partial charge in [0.25, 0.3) is 0 Å². The molecular formula is C18H20N2. The Morgan fingerprint density at radius 3 is 2.50 bits per heavy atom. The lowest BCUT2D eigenvalue weighted by molar-refractivity contribution is 0.539. The van der Waals surface area contributed by atoms with Crippen molar-refractivity contribution < 1.29 is 0 Å². The van der Waals surface area contributed by atoms with Gasteiger partial charge in [-0.25, -0.2) is 0 Å². The molecule has 0 bridgehead atoms. The van der Waals surface area contributed by atoms with E-state index in [9.17, 15) is 0 Å². The smallest absolute Gasteiger partial charge is 0.0598 e. The summed E-state index contributed by atoms with van der Waals surface area (Å²) in [5.74, 6) is 0. The van der Waals surface area contributed by atoms with Crippen LogP contribution in [0.4, 0.5) is 0 Å². The van der Waals surface area contributed by atoms with Gasteiger partial charge in [0.05, 0.1) is 6.04 Å². The predicted molar refractivity (Wildman–Crippen MR) is 85.1 cm³/mol. The second kappa shape index (κ2) is 5.93. The first kappa shape index (κ1) is 12.9. The van der Waals surface area contributed by atoms with Crippen LogP contribution < -0.4 is 5.32 Å². The first-order valence-electron chi connectivity index (χ1n) is 7.15. The van der Waals surface area contributed by atoms with E-state index in [4.69, 9.17) is 0 Å². The highest BCUT2D eigenvalue weighted by Crippen LogP contribution is 2.27. The lowest BCUT2D eigenvalue weighted by Crippen LogP contribution is -2.17. The molecule has 20 heavy (non-hydrogen) atoms. The average Bonchev–Trinajstić information content (AvgIpc) is 2.93. The van der Waals surface area contributed by atoms with Gasteiger partial charge in [0.1, 0.15) is 0 Å². The van der Waals surface area contributed by atoms with E-state index in [0.29, 0.717) is 6.04 Å². The number of fused-ring (bicyclic) bond motifs is 1. The van der Waals surface area contributed by atoms with E-state index >= 15 is 0 Å². The normalized spacial score (nSPS) is 12.7. The van der Waals surface area contributed by atoms with Crippen LogP contribution in [0, 0.1) is 0 Å². The maximum atomic E-state index is 3.26. The van der Waals surface area contributed by atoms with Crippen LogP contribution in [0.2, 0.25) is 0 Å². The Kier molecular flexibility index (Phi) is 3.84. The van der Waals surface area contributed by atoms with Crippen LogP contribution in [0.25, 0.3) is 10.9 Å². The third kappa shape index (κ3) is 2.47. The van der Waals surface area contributed by atoms with E-state index in [1.807, 2.05) is 7.05 Å². The molecule has 1 heterocycles. The molecule has 3 rings (SSSR count). The zero-order valence-electron chi connectivity index (χ0n) is 11.8. The maximum absolute atomic E-state index is 3.26. The minimum atomic E-state index is 0.378. The van der Waals surface area contributed by atoms with E-state index in [1.54, 1.807) is 0 Å². The largest absolute Gasteiger partial charge is 0.340 e. The Hall–Kier alpha value is -2.06. The summed E-state index contributed by atoms with van der Waals surface area (Å²) in [5, 5.41) is 4.57. The molecule has 0 aliphatic carbocycles. The monoisotopic (exact) mass is 264 g/mol. The summed E-state index contributed by atoms with van der Waals surface area (Å²) in [6.07, 6.45) is 3.29. The molecule has 3 aromatic rings. The van der Waals surface area contributed by atoms with Crippen molar-refractivity contribution >= 4 is 10.9 Å². The molecule has 1 N–H and O–H groups in total. The third-order valence-corrected chi connectivity index (χ3v) is 3.82. The second-order valence-corrected chi connectivity index (χ2v) is 5.10. The second-order valence-electron chi connectivity index (χ2n) is 5.10. The SMILES string of the molecule is CNCC[C@H](c1ccccc1)n1ccc2ccccc21. The number of nitrogens with one attached hydrogen (secondary N) is 1. The van der Waals surface area contributed by atoms with Crippen LogP contribution in [-0.4, -0.2) is 18.2 Å². The average molecular weight is 264 g/mol. The molecule has 2 nitrogen and oxygen atoms in total. The summed E-state index contributed by atoms with van der Waals surface area (Å²) in [5.41, 5.74) is 2.67. The van der Waals surface area contributed by atoms with Gasteiger partial charge >= 0.3 is 0 Å². The fourth-order valence-corrected chi connectivity index (χ4v) is 2.80. The van der Waals surface area contributed by atoms with E-state index < -0.39 is 0 Å². The van der Waals surface area contributed by atoms with Gasteiger partial charge in [0.15, 0.2) is 0 Å². The summed E-state index contributed by atoms with van der Waals surface area (Å²) in [7, 11) is 2.01. The van der Waals surface area contributed by atoms with Crippen molar-refractivity contribution in [2.75, 3.05) is 13.6 Å². The molecule has 0 unspecified atom stereocenters. The molecule has 1 aromatic heterocycles. The van der Waals surface area contributed by atoms with Crippen LogP contribution in [0.15, 0.2) is 66.9 Å². The summed E-state index contributed by atoms with van der Waals surface area (Å²) < 4.78 is 2.39. The van der Waals surface area contributed by atoms with Crippen molar-refractivity contribution in [2.45, 2.75) is 12.5 Å². The molecule has 0 saturated heterocycles. The van der Waals surface area contributed by atoms with Crippen LogP contribution in [0.3, 0.4) is 0 Å². The van der Waals surface area contributed by atoms with Crippen LogP contribution in [0.5, 0.6) is 0 Å². The molecule has 0 amide bonds. The highest BCUT2D eigenvalue weighted by atomic mass is 15.0. The molecule has 0 radical (unpaired) electrons. The minimum absolute atomic E-state index is 0.378. The van der Waals surface area contributed by atoms with Crippen molar-refractivity contribution in [1.29, 1.82) is 0 Å². The molecule has 1 atom stereocenters. The number of aromatic nitrogens is 1. The Morgan fingerprint density at radius 1 is 0.950 bits per heavy atom. The quantitative estimate of drug-likeness (QED) is 0.741. The van der Waals surface area contributed by atoms with Crippen molar-refractivity contribution in [3.8, 4) is 0 Å². The number of hydrogen-bond acceptors (Lipinski definition) is 1. The number of hydrogen-bond donors (Lipinski definition) is 1. The van der Waals surface area contributed by atoms with Crippen LogP contribution in [0.1, 0.15) is 18.0 Å². The van der Waals surface area contributed by atoms with Crippen LogP contribution >= 0.6 is 0 Å². The van der Waals surface area contributed by atoms with E-state index in [2.05, 4.69) is 76.7 Å². The number of nitrogens with zero attached hydrogens (tertiary/aromatic N) is 1. The molecule has 0 aliphatic rings. The zero-order valence-corrected chi connectivity index (χ0v) is 11.8. The third-order valence-electron chi connectivity index (χ3n) is 3.82. The van der Waals surface area contributed by atoms with Gasteiger partial charge in [0.2, 0.25) is 0 Å². The topological polar surface area (TPSA) is 17.0 Å². The fourth-order valence-electron chi connectivity index (χ4n) is 2.80. The highest BCUT2D eigenvalue weighted by molar-refractivity contribution is 5.80. The summed E-state index contributed by atoms with van der Waals surface area (Å²) >= 11 is 0. The first-order valence-corrected chi connectivity index (χ1v) is 7.15. The molecule has 102 valence electrons. The predicted octanol–water partition coefficient (Wildman–Crippen LogP) is 3.84. The lowest BCUT2D eigenvalue weighted by atomic mass is 10.0. The van der Waals surface area contributed by atoms with Crippen molar-refractivity contribution in [1.82, 2.24) is 9.88 Å². The number of benzene rings is 2. The Balaban J connectivity index is 2.05. The Labute approximate surface area is 120 Å². The lowest BCUT2D eigenvalue weighted by Gasteiger charge is -2.21. The Bertz CT molecular complexity index is 670. The first-order chi connectivity index (χ1) is 9.90. The van der Waals surface area contributed by atoms with Gasteiger partial charge in [-0.2, -0.15) is 0 Å². The molecule has 2 aromatic carbocycles. The zero-order chi connectivity index (χ0) is 13.8. The molecule has 0 aliphatic heterocycles. The summed E-state index contributed by atoms with van der Waals surface area (Å²) in [6.45, 7) is 1.01. The number of rotatable bonds is 5. The van der Waals surface area contributed by atoms with Gasteiger partial charge in [0, 0.05) is 11.7 Å². The molecule has 0 spiro atoms. The molecule has 2 heteroatoms. The van der Waals surface area contributed by atoms with E-state index in [0.717, 1.165) is 13.0 Å². The summed E-state index contributed by atoms with van der Waals surface area (Å²) in [6, 6.07) is 21.9. The molecule has 0 fully saturated rings. The molecular weight excluding hydrogens is 244 g/mol. The van der Waals surface area contributed by atoms with Crippen LogP contribution in [-0.2, 0) is 0 Å². The van der Waals surface area contributed by atoms with E-state index in [1.165, 1.54) is 16.5 Å². The molecule has 0 saturated carbocycles. The van der Waals surface area contributed by atoms with Gasteiger partial charge in [-0.15, -0.1) is 0 Å². The fraction of sp³-hybridized carbons (Fsp3) is 0.222. The van der Waals surface area contributed by atoms with Crippen molar-refractivity contribution in [3.63, 3.8) is 0 Å². The highest BCUT2D eigenvalue weighted by Gasteiger charge is 2.14. The number of para-hydroxylation sites is 1. The Morgan fingerprint density at radius 2 is 1.70 bits per heavy atom.